The molecular formula is C74H130N2Ni. The van der Waals surface area contributed by atoms with E-state index in [0.717, 1.165) is 61.9 Å². The molecular weight excluding hydrogens is 976 g/mol. The third-order valence-corrected chi connectivity index (χ3v) is 16.1. The Labute approximate surface area is 493 Å². The molecule has 2 aromatic rings. The molecule has 0 bridgehead atoms. The summed E-state index contributed by atoms with van der Waals surface area (Å²) in [5.41, 5.74) is 22.9. The van der Waals surface area contributed by atoms with Gasteiger partial charge in [0.2, 0.25) is 11.4 Å². The van der Waals surface area contributed by atoms with Gasteiger partial charge in [-0.3, -0.25) is 0 Å². The third-order valence-electron chi connectivity index (χ3n) is 16.1. The van der Waals surface area contributed by atoms with Crippen LogP contribution in [0.25, 0.3) is 16.9 Å². The van der Waals surface area contributed by atoms with Crippen molar-refractivity contribution in [1.29, 1.82) is 0 Å². The molecule has 77 heavy (non-hydrogen) atoms. The van der Waals surface area contributed by atoms with Crippen molar-refractivity contribution < 1.29 is 21.2 Å². The Morgan fingerprint density at radius 2 is 0.545 bits per heavy atom. The second-order valence-electron chi connectivity index (χ2n) is 23.6. The van der Waals surface area contributed by atoms with E-state index in [-0.39, 0.29) is 16.5 Å². The van der Waals surface area contributed by atoms with E-state index < -0.39 is 0 Å². The Morgan fingerprint density at radius 3 is 0.792 bits per heavy atom. The Morgan fingerprint density at radius 1 is 0.312 bits per heavy atom. The Kier molecular flexibility index (Phi) is 54.5. The van der Waals surface area contributed by atoms with Gasteiger partial charge < -0.3 is 19.4 Å². The normalized spacial score (nSPS) is 12.1. The van der Waals surface area contributed by atoms with Crippen LogP contribution in [0.3, 0.4) is 0 Å². The Hall–Kier alpha value is -1.99. The molecule has 0 saturated carbocycles. The molecule has 0 saturated heterocycles. The first-order valence-electron chi connectivity index (χ1n) is 34.2. The van der Waals surface area contributed by atoms with Gasteiger partial charge in [-0.25, -0.2) is 4.70 Å². The van der Waals surface area contributed by atoms with Crippen LogP contribution in [-0.4, -0.2) is 4.70 Å². The minimum Gasteiger partial charge on any atom is -0.493 e. The van der Waals surface area contributed by atoms with E-state index >= 15 is 0 Å². The molecule has 3 rings (SSSR count). The largest absolute Gasteiger partial charge is 2.00 e. The molecule has 1 aliphatic rings. The number of unbranched alkanes of at least 4 members (excludes halogenated alkanes) is 38. The Balaban J connectivity index is 0.00000130. The van der Waals surface area contributed by atoms with Gasteiger partial charge in [-0.05, 0) is 104 Å². The van der Waals surface area contributed by atoms with E-state index in [1.807, 2.05) is 0 Å². The second kappa shape index (κ2) is 55.9. The van der Waals surface area contributed by atoms with E-state index in [9.17, 15) is 5.53 Å². The van der Waals surface area contributed by atoms with E-state index in [1.54, 1.807) is 0 Å². The van der Waals surface area contributed by atoms with Crippen molar-refractivity contribution in [2.24, 2.45) is 0 Å². The Bertz CT molecular complexity index is 1560. The summed E-state index contributed by atoms with van der Waals surface area (Å²) in [6, 6.07) is 14.2. The molecule has 1 heterocycles. The third kappa shape index (κ3) is 40.0. The van der Waals surface area contributed by atoms with E-state index in [4.69, 9.17) is 0 Å². The van der Waals surface area contributed by atoms with E-state index in [1.165, 1.54) is 308 Å². The van der Waals surface area contributed by atoms with E-state index in [2.05, 4.69) is 105 Å². The predicted octanol–water partition coefficient (Wildman–Crippen LogP) is 26.0. The maximum Gasteiger partial charge on any atom is 2.00 e. The number of hydrogen-bond donors (Lipinski definition) is 0. The smallest absolute Gasteiger partial charge is 0.493 e. The van der Waals surface area contributed by atoms with Crippen molar-refractivity contribution in [3.05, 3.63) is 101 Å². The van der Waals surface area contributed by atoms with Gasteiger partial charge in [-0.15, -0.1) is 0 Å². The molecule has 0 aliphatic carbocycles. The number of allylic oxidation sites excluding steroid dienone is 2. The van der Waals surface area contributed by atoms with Crippen LogP contribution in [0.1, 0.15) is 371 Å². The molecule has 0 amide bonds. The summed E-state index contributed by atoms with van der Waals surface area (Å²) in [6.07, 6.45) is 68.2. The first-order valence-corrected chi connectivity index (χ1v) is 34.2. The van der Waals surface area contributed by atoms with Crippen LogP contribution in [0.5, 0.6) is 0 Å². The summed E-state index contributed by atoms with van der Waals surface area (Å²) in [5, 5.41) is 0. The number of benzene rings is 2. The molecule has 0 fully saturated rings. The van der Waals surface area contributed by atoms with Crippen LogP contribution in [-0.2, 0) is 42.2 Å². The second-order valence-corrected chi connectivity index (χ2v) is 23.6. The van der Waals surface area contributed by atoms with Gasteiger partial charge in [0.1, 0.15) is 0 Å². The summed E-state index contributed by atoms with van der Waals surface area (Å²) < 4.78 is 1.51. The fraction of sp³-hybridized carbons (Fsp3) is 0.757. The van der Waals surface area contributed by atoms with Crippen LogP contribution in [0, 0.1) is 13.8 Å². The topological polar surface area (TPSA) is 25.3 Å². The zero-order valence-corrected chi connectivity index (χ0v) is 53.8. The van der Waals surface area contributed by atoms with Gasteiger partial charge in [0, 0.05) is 22.8 Å². The zero-order valence-electron chi connectivity index (χ0n) is 52.8. The zero-order chi connectivity index (χ0) is 55.4. The molecule has 1 aliphatic heterocycles. The number of hydrogen-bond acceptors (Lipinski definition) is 0. The van der Waals surface area contributed by atoms with E-state index in [0.29, 0.717) is 0 Å². The van der Waals surface area contributed by atoms with Gasteiger partial charge in [0.25, 0.3) is 0 Å². The van der Waals surface area contributed by atoms with Crippen LogP contribution >= 0.6 is 0 Å². The van der Waals surface area contributed by atoms with Crippen LogP contribution in [0.4, 0.5) is 0 Å². The number of aryl methyl sites for hydroxylation is 4. The summed E-state index contributed by atoms with van der Waals surface area (Å²) >= 11 is 0. The maximum atomic E-state index is 11.8. The maximum absolute atomic E-state index is 11.8. The standard InChI is InChI=1S/C38H56N2.2C18H37.Ni/c1-6-11-15-19-30-23-31(20-16-12-7-2)26-35(25-30)37-29-34(10-5)38(40(37)39)36-27-32(21-17-13-8-3)24-33(28-36)22-18-14-9-4;2*1-3-5-7-9-11-13-15-17-18-16-14-12-10-8-6-4-2;/h23-29H,6-22H2,1-5H3;2*1,3-18H2,2H3;/q;2*-1;+2. The molecule has 0 atom stereocenters. The molecule has 446 valence electrons. The molecule has 2 aromatic carbocycles. The molecule has 0 spiro atoms. The van der Waals surface area contributed by atoms with Crippen LogP contribution < -0.4 is 0 Å². The minimum absolute atomic E-state index is 0. The van der Waals surface area contributed by atoms with Crippen molar-refractivity contribution in [3.63, 3.8) is 0 Å². The first-order chi connectivity index (χ1) is 37.4. The fourth-order valence-corrected chi connectivity index (χ4v) is 11.1. The van der Waals surface area contributed by atoms with Crippen LogP contribution in [0.2, 0.25) is 0 Å². The fourth-order valence-electron chi connectivity index (χ4n) is 11.1. The molecule has 0 unspecified atom stereocenters. The van der Waals surface area contributed by atoms with Crippen molar-refractivity contribution in [2.75, 3.05) is 0 Å². The van der Waals surface area contributed by atoms with Crippen LogP contribution in [0.15, 0.2) is 48.0 Å². The van der Waals surface area contributed by atoms with Gasteiger partial charge in [-0.1, -0.05) is 305 Å². The monoisotopic (exact) mass is 1100 g/mol. The van der Waals surface area contributed by atoms with Crippen molar-refractivity contribution in [1.82, 2.24) is 0 Å². The molecule has 3 heteroatoms. The van der Waals surface area contributed by atoms with Crippen molar-refractivity contribution >= 4 is 11.4 Å². The predicted molar refractivity (Wildman–Crippen MR) is 344 cm³/mol. The summed E-state index contributed by atoms with van der Waals surface area (Å²) in [7, 11) is 0. The molecule has 0 N–H and O–H groups in total. The van der Waals surface area contributed by atoms with Gasteiger partial charge in [0.15, 0.2) is 0 Å². The molecule has 0 radical (unpaired) electrons. The van der Waals surface area contributed by atoms with Gasteiger partial charge >= 0.3 is 16.5 Å². The summed E-state index contributed by atoms with van der Waals surface area (Å²) in [4.78, 5) is 0. The number of rotatable bonds is 49. The summed E-state index contributed by atoms with van der Waals surface area (Å²) in [5.74, 6) is 0. The van der Waals surface area contributed by atoms with Crippen molar-refractivity contribution in [3.8, 4) is 0 Å². The quantitative estimate of drug-likeness (QED) is 0.0273. The number of nitrogens with zero attached hydrogens (tertiary/aromatic N) is 2. The van der Waals surface area contributed by atoms with Gasteiger partial charge in [-0.2, -0.15) is 12.8 Å². The first kappa shape index (κ1) is 75.0. The van der Waals surface area contributed by atoms with Gasteiger partial charge in [0.05, 0.1) is 0 Å². The van der Waals surface area contributed by atoms with Crippen molar-refractivity contribution in [2.45, 2.75) is 363 Å². The average molecular weight is 1110 g/mol. The SMILES string of the molecule is CCCCCc1cc(CCCCC)cc(C2=CC(CC)=C(c3cc(CCCCC)cc(CCCCC)c3)[N+]2=[N-])c1.[CH2-]CCCCCCCCCCCCCCCCC.[CH2-]CCCCCCCCCCCCCCCCC.[Ni+2]. The average Bonchev–Trinajstić information content (AvgIpc) is 3.77. The summed E-state index contributed by atoms with van der Waals surface area (Å²) in [6.45, 7) is 23.7. The molecule has 2 nitrogen and oxygen atoms in total. The minimum atomic E-state index is 0. The molecule has 0 aromatic heterocycles.